The van der Waals surface area contributed by atoms with Crippen LogP contribution in [0.3, 0.4) is 0 Å². The van der Waals surface area contributed by atoms with Gasteiger partial charge in [-0.2, -0.15) is 0 Å². The number of piperidine rings is 1. The molecule has 1 atom stereocenters. The summed E-state index contributed by atoms with van der Waals surface area (Å²) in [5.41, 5.74) is 0. The fourth-order valence-corrected chi connectivity index (χ4v) is 4.26. The Bertz CT molecular complexity index is 553. The summed E-state index contributed by atoms with van der Waals surface area (Å²) in [6.07, 6.45) is 10.3. The molecule has 0 amide bonds. The van der Waals surface area contributed by atoms with E-state index in [0.717, 1.165) is 31.3 Å². The van der Waals surface area contributed by atoms with E-state index in [4.69, 9.17) is 4.42 Å². The van der Waals surface area contributed by atoms with Gasteiger partial charge in [-0.15, -0.1) is 24.0 Å². The van der Waals surface area contributed by atoms with Crippen molar-refractivity contribution >= 4 is 29.9 Å². The molecule has 0 spiro atoms. The molecule has 1 aliphatic carbocycles. The van der Waals surface area contributed by atoms with E-state index < -0.39 is 6.10 Å². The van der Waals surface area contributed by atoms with Gasteiger partial charge >= 0.3 is 0 Å². The maximum absolute atomic E-state index is 10.2. The van der Waals surface area contributed by atoms with E-state index in [9.17, 15) is 5.11 Å². The molecule has 0 bridgehead atoms. The van der Waals surface area contributed by atoms with Crippen molar-refractivity contribution in [1.29, 1.82) is 0 Å². The fourth-order valence-electron chi connectivity index (χ4n) is 4.26. The van der Waals surface area contributed by atoms with Crippen LogP contribution in [-0.2, 0) is 0 Å². The number of nitrogens with one attached hydrogen (secondary N) is 2. The molecule has 0 radical (unpaired) electrons. The van der Waals surface area contributed by atoms with Crippen LogP contribution in [-0.4, -0.2) is 54.7 Å². The minimum Gasteiger partial charge on any atom is -0.467 e. The van der Waals surface area contributed by atoms with Crippen LogP contribution in [0.1, 0.15) is 63.7 Å². The van der Waals surface area contributed by atoms with Crippen LogP contribution in [0, 0.1) is 5.92 Å². The Hall–Kier alpha value is -0.800. The van der Waals surface area contributed by atoms with Gasteiger partial charge < -0.3 is 25.1 Å². The lowest BCUT2D eigenvalue weighted by molar-refractivity contribution is 0.157. The molecule has 2 heterocycles. The normalized spacial score (nSPS) is 21.1. The third kappa shape index (κ3) is 7.55. The molecule has 160 valence electrons. The van der Waals surface area contributed by atoms with E-state index in [-0.39, 0.29) is 24.0 Å². The van der Waals surface area contributed by atoms with Crippen LogP contribution in [0.15, 0.2) is 27.8 Å². The highest BCUT2D eigenvalue weighted by molar-refractivity contribution is 14.0. The van der Waals surface area contributed by atoms with Crippen molar-refractivity contribution in [2.24, 2.45) is 10.9 Å². The van der Waals surface area contributed by atoms with Crippen molar-refractivity contribution in [3.63, 3.8) is 0 Å². The molecule has 6 nitrogen and oxygen atoms in total. The van der Waals surface area contributed by atoms with Crippen LogP contribution >= 0.6 is 24.0 Å². The highest BCUT2D eigenvalue weighted by atomic mass is 127. The number of aliphatic hydroxyl groups excluding tert-OH is 1. The smallest absolute Gasteiger partial charge is 0.191 e. The molecule has 1 unspecified atom stereocenters. The lowest BCUT2D eigenvalue weighted by Gasteiger charge is -2.36. The number of aliphatic imine (C=N–C) groups is 1. The molecule has 1 aromatic rings. The summed E-state index contributed by atoms with van der Waals surface area (Å²) < 4.78 is 5.25. The number of aliphatic hydroxyl groups is 1. The van der Waals surface area contributed by atoms with Gasteiger partial charge in [-0.1, -0.05) is 19.3 Å². The first-order valence-electron chi connectivity index (χ1n) is 10.7. The largest absolute Gasteiger partial charge is 0.467 e. The molecule has 3 N–H and O–H groups in total. The van der Waals surface area contributed by atoms with Gasteiger partial charge in [-0.05, 0) is 50.7 Å². The van der Waals surface area contributed by atoms with E-state index in [1.807, 2.05) is 0 Å². The predicted molar refractivity (Wildman–Crippen MR) is 124 cm³/mol. The lowest BCUT2D eigenvalue weighted by Crippen LogP contribution is -2.49. The van der Waals surface area contributed by atoms with Crippen LogP contribution < -0.4 is 10.6 Å². The molecular weight excluding hydrogens is 467 g/mol. The topological polar surface area (TPSA) is 73.0 Å². The van der Waals surface area contributed by atoms with Gasteiger partial charge in [0.15, 0.2) is 5.96 Å². The number of guanidine groups is 1. The zero-order valence-electron chi connectivity index (χ0n) is 17.1. The zero-order chi connectivity index (χ0) is 18.9. The second-order valence-electron chi connectivity index (χ2n) is 7.97. The third-order valence-electron chi connectivity index (χ3n) is 5.81. The van der Waals surface area contributed by atoms with Crippen molar-refractivity contribution in [1.82, 2.24) is 15.5 Å². The van der Waals surface area contributed by atoms with E-state index >= 15 is 0 Å². The van der Waals surface area contributed by atoms with Gasteiger partial charge in [0.2, 0.25) is 0 Å². The molecule has 1 aromatic heterocycles. The summed E-state index contributed by atoms with van der Waals surface area (Å²) in [7, 11) is 0. The molecule has 2 fully saturated rings. The monoisotopic (exact) mass is 504 g/mol. The molecule has 7 heteroatoms. The highest BCUT2D eigenvalue weighted by Crippen LogP contribution is 2.25. The first kappa shape index (κ1) is 23.5. The molecule has 28 heavy (non-hydrogen) atoms. The standard InChI is InChI=1S/C21H36N4O2.HI/c1-2-22-21(23-15-19(26)20-9-6-14-27-20)24-18-10-12-25(13-11-18)16-17-7-4-3-5-8-17;/h6,9,14,17-19,26H,2-5,7-8,10-13,15-16H2,1H3,(H2,22,23,24);1H. The lowest BCUT2D eigenvalue weighted by atomic mass is 9.88. The van der Waals surface area contributed by atoms with Crippen molar-refractivity contribution in [2.45, 2.75) is 64.0 Å². The Morgan fingerprint density at radius 3 is 2.64 bits per heavy atom. The Balaban J connectivity index is 0.00000280. The van der Waals surface area contributed by atoms with Gasteiger partial charge in [0.1, 0.15) is 11.9 Å². The average Bonchev–Trinajstić information content (AvgIpc) is 3.23. The molecule has 2 aliphatic rings. The molecule has 3 rings (SSSR count). The number of furan rings is 1. The van der Waals surface area contributed by atoms with Crippen LogP contribution in [0.5, 0.6) is 0 Å². The molecule has 0 aromatic carbocycles. The quantitative estimate of drug-likeness (QED) is 0.301. The van der Waals surface area contributed by atoms with Crippen LogP contribution in [0.4, 0.5) is 0 Å². The summed E-state index contributed by atoms with van der Waals surface area (Å²) in [6.45, 7) is 6.79. The zero-order valence-corrected chi connectivity index (χ0v) is 19.4. The van der Waals surface area contributed by atoms with Crippen molar-refractivity contribution in [3.05, 3.63) is 24.2 Å². The van der Waals surface area contributed by atoms with E-state index in [1.54, 1.807) is 18.4 Å². The van der Waals surface area contributed by atoms with Gasteiger partial charge in [-0.3, -0.25) is 4.99 Å². The third-order valence-corrected chi connectivity index (χ3v) is 5.81. The Morgan fingerprint density at radius 1 is 1.25 bits per heavy atom. The first-order chi connectivity index (χ1) is 13.2. The Kier molecular flexibility index (Phi) is 10.6. The van der Waals surface area contributed by atoms with Crippen LogP contribution in [0.25, 0.3) is 0 Å². The number of halogens is 1. The number of rotatable bonds is 7. The molecular formula is C21H37IN4O2. The minimum atomic E-state index is -0.701. The summed E-state index contributed by atoms with van der Waals surface area (Å²) in [6, 6.07) is 4.02. The maximum atomic E-state index is 10.2. The van der Waals surface area contributed by atoms with E-state index in [2.05, 4.69) is 27.4 Å². The summed E-state index contributed by atoms with van der Waals surface area (Å²) in [5, 5.41) is 17.0. The van der Waals surface area contributed by atoms with Crippen molar-refractivity contribution < 1.29 is 9.52 Å². The van der Waals surface area contributed by atoms with Gasteiger partial charge in [0, 0.05) is 32.2 Å². The first-order valence-corrected chi connectivity index (χ1v) is 10.7. The van der Waals surface area contributed by atoms with E-state index in [1.165, 1.54) is 51.7 Å². The molecule has 1 aliphatic heterocycles. The molecule has 1 saturated carbocycles. The average molecular weight is 504 g/mol. The minimum absolute atomic E-state index is 0. The number of likely N-dealkylation sites (tertiary alicyclic amines) is 1. The SMILES string of the molecule is CCNC(=NCC(O)c1ccco1)NC1CCN(CC2CCCCC2)CC1.I. The van der Waals surface area contributed by atoms with E-state index in [0.29, 0.717) is 18.3 Å². The second kappa shape index (κ2) is 12.7. The van der Waals surface area contributed by atoms with Crippen molar-refractivity contribution in [3.8, 4) is 0 Å². The Labute approximate surface area is 186 Å². The van der Waals surface area contributed by atoms with Gasteiger partial charge in [-0.25, -0.2) is 0 Å². The predicted octanol–water partition coefficient (Wildman–Crippen LogP) is 3.53. The number of nitrogens with zero attached hydrogens (tertiary/aromatic N) is 2. The molecule has 1 saturated heterocycles. The Morgan fingerprint density at radius 2 is 2.00 bits per heavy atom. The fraction of sp³-hybridized carbons (Fsp3) is 0.762. The maximum Gasteiger partial charge on any atom is 0.191 e. The summed E-state index contributed by atoms with van der Waals surface area (Å²) in [4.78, 5) is 7.20. The van der Waals surface area contributed by atoms with Gasteiger partial charge in [0.25, 0.3) is 0 Å². The highest BCUT2D eigenvalue weighted by Gasteiger charge is 2.23. The number of hydrogen-bond acceptors (Lipinski definition) is 4. The summed E-state index contributed by atoms with van der Waals surface area (Å²) in [5.74, 6) is 2.27. The summed E-state index contributed by atoms with van der Waals surface area (Å²) >= 11 is 0. The number of hydrogen-bond donors (Lipinski definition) is 3. The van der Waals surface area contributed by atoms with Gasteiger partial charge in [0.05, 0.1) is 12.8 Å². The van der Waals surface area contributed by atoms with Crippen molar-refractivity contribution in [2.75, 3.05) is 32.7 Å². The second-order valence-corrected chi connectivity index (χ2v) is 7.97. The van der Waals surface area contributed by atoms with Crippen LogP contribution in [0.2, 0.25) is 0 Å².